The molecule has 0 amide bonds. The molecule has 1 saturated carbocycles. The predicted octanol–water partition coefficient (Wildman–Crippen LogP) is 2.11. The summed E-state index contributed by atoms with van der Waals surface area (Å²) in [5, 5.41) is 0. The van der Waals surface area contributed by atoms with E-state index in [0.717, 1.165) is 25.7 Å². The van der Waals surface area contributed by atoms with Gasteiger partial charge in [-0.1, -0.05) is 18.9 Å². The molecule has 0 heterocycles. The summed E-state index contributed by atoms with van der Waals surface area (Å²) in [5.41, 5.74) is 5.29. The fourth-order valence-electron chi connectivity index (χ4n) is 2.62. The largest absolute Gasteiger partial charge is 0.329 e. The van der Waals surface area contributed by atoms with Gasteiger partial charge < -0.3 is 5.73 Å². The van der Waals surface area contributed by atoms with Crippen LogP contribution in [0.15, 0.2) is 23.1 Å². The van der Waals surface area contributed by atoms with Crippen LogP contribution in [0.2, 0.25) is 0 Å². The Morgan fingerprint density at radius 1 is 1.35 bits per heavy atom. The zero-order chi connectivity index (χ0) is 14.1. The minimum atomic E-state index is -3.74. The summed E-state index contributed by atoms with van der Waals surface area (Å²) in [7, 11) is -3.74. The van der Waals surface area contributed by atoms with E-state index in [4.69, 9.17) is 5.73 Å². The molecule has 0 unspecified atom stereocenters. The van der Waals surface area contributed by atoms with Gasteiger partial charge in [-0.3, -0.25) is 0 Å². The van der Waals surface area contributed by atoms with Gasteiger partial charge in [0.25, 0.3) is 0 Å². The van der Waals surface area contributed by atoms with Crippen LogP contribution in [0.1, 0.15) is 31.2 Å². The summed E-state index contributed by atoms with van der Waals surface area (Å²) in [5.74, 6) is -0.518. The third-order valence-electron chi connectivity index (χ3n) is 3.81. The first-order valence-electron chi connectivity index (χ1n) is 6.39. The van der Waals surface area contributed by atoms with E-state index in [1.807, 2.05) is 0 Å². The molecule has 2 rings (SSSR count). The lowest BCUT2D eigenvalue weighted by Gasteiger charge is -2.28. The van der Waals surface area contributed by atoms with Gasteiger partial charge in [-0.15, -0.1) is 12.4 Å². The number of nitrogens with two attached hydrogens (primary N) is 1. The van der Waals surface area contributed by atoms with Crippen LogP contribution < -0.4 is 10.5 Å². The van der Waals surface area contributed by atoms with Crippen LogP contribution in [-0.2, 0) is 10.0 Å². The lowest BCUT2D eigenvalue weighted by molar-refractivity contribution is 0.399. The maximum atomic E-state index is 13.5. The third-order valence-corrected chi connectivity index (χ3v) is 5.53. The Morgan fingerprint density at radius 2 is 1.95 bits per heavy atom. The molecule has 0 radical (unpaired) electrons. The number of sulfonamides is 1. The Hall–Kier alpha value is -0.690. The van der Waals surface area contributed by atoms with Crippen molar-refractivity contribution in [1.82, 2.24) is 4.72 Å². The van der Waals surface area contributed by atoms with E-state index in [0.29, 0.717) is 0 Å². The molecule has 0 atom stereocenters. The summed E-state index contributed by atoms with van der Waals surface area (Å²) in [6.45, 7) is 1.73. The normalized spacial score (nSPS) is 17.8. The zero-order valence-electron chi connectivity index (χ0n) is 11.4. The van der Waals surface area contributed by atoms with Crippen molar-refractivity contribution in [3.8, 4) is 0 Å². The highest BCUT2D eigenvalue weighted by Gasteiger charge is 2.37. The van der Waals surface area contributed by atoms with Crippen molar-refractivity contribution in [2.75, 3.05) is 6.54 Å². The average Bonchev–Trinajstić information content (AvgIpc) is 2.81. The molecular weight excluding hydrogens is 303 g/mol. The minimum absolute atomic E-state index is 0. The van der Waals surface area contributed by atoms with Gasteiger partial charge in [0.05, 0.1) is 4.90 Å². The van der Waals surface area contributed by atoms with Gasteiger partial charge >= 0.3 is 0 Å². The zero-order valence-corrected chi connectivity index (χ0v) is 13.0. The lowest BCUT2D eigenvalue weighted by Crippen LogP contribution is -2.51. The molecule has 1 aliphatic rings. The summed E-state index contributed by atoms with van der Waals surface area (Å²) in [6.07, 6.45) is 3.39. The highest BCUT2D eigenvalue weighted by Crippen LogP contribution is 2.31. The van der Waals surface area contributed by atoms with E-state index in [-0.39, 0.29) is 29.4 Å². The third kappa shape index (κ3) is 3.31. The van der Waals surface area contributed by atoms with Gasteiger partial charge in [0, 0.05) is 17.6 Å². The first-order chi connectivity index (χ1) is 8.90. The van der Waals surface area contributed by atoms with Crippen LogP contribution in [0.25, 0.3) is 0 Å². The number of hydrogen-bond donors (Lipinski definition) is 2. The number of benzene rings is 1. The Labute approximate surface area is 125 Å². The topological polar surface area (TPSA) is 72.2 Å². The number of rotatable bonds is 4. The van der Waals surface area contributed by atoms with Crippen LogP contribution in [0.4, 0.5) is 4.39 Å². The fraction of sp³-hybridized carbons (Fsp3) is 0.538. The van der Waals surface area contributed by atoms with E-state index >= 15 is 0 Å². The van der Waals surface area contributed by atoms with Crippen molar-refractivity contribution in [3.05, 3.63) is 29.6 Å². The Bertz CT molecular complexity index is 572. The molecule has 0 saturated heterocycles. The second-order valence-corrected chi connectivity index (χ2v) is 6.81. The van der Waals surface area contributed by atoms with Crippen molar-refractivity contribution < 1.29 is 12.8 Å². The lowest BCUT2D eigenvalue weighted by atomic mass is 10.0. The molecule has 1 aromatic rings. The summed E-state index contributed by atoms with van der Waals surface area (Å²) >= 11 is 0. The quantitative estimate of drug-likeness (QED) is 0.891. The van der Waals surface area contributed by atoms with Crippen molar-refractivity contribution in [2.45, 2.75) is 43.0 Å². The van der Waals surface area contributed by atoms with E-state index in [2.05, 4.69) is 4.72 Å². The molecule has 1 aromatic carbocycles. The molecule has 3 N–H and O–H groups in total. The standard InChI is InChI=1S/C13H19FN2O2S.ClH/c1-10-11(14)5-4-6-12(10)19(17,18)16-13(9-15)7-2-3-8-13;/h4-6,16H,2-3,7-9,15H2,1H3;1H. The molecule has 20 heavy (non-hydrogen) atoms. The van der Waals surface area contributed by atoms with Crippen LogP contribution in [0.5, 0.6) is 0 Å². The van der Waals surface area contributed by atoms with E-state index in [1.54, 1.807) is 0 Å². The van der Waals surface area contributed by atoms with Gasteiger partial charge in [-0.05, 0) is 31.9 Å². The summed E-state index contributed by atoms with van der Waals surface area (Å²) in [6, 6.07) is 4.07. The van der Waals surface area contributed by atoms with Gasteiger partial charge in [0.2, 0.25) is 10.0 Å². The second kappa shape index (κ2) is 6.39. The molecule has 1 aliphatic carbocycles. The van der Waals surface area contributed by atoms with Crippen molar-refractivity contribution >= 4 is 22.4 Å². The molecule has 0 spiro atoms. The van der Waals surface area contributed by atoms with Crippen LogP contribution in [0, 0.1) is 12.7 Å². The van der Waals surface area contributed by atoms with Gasteiger partial charge in [-0.25, -0.2) is 17.5 Å². The SMILES string of the molecule is Cc1c(F)cccc1S(=O)(=O)NC1(CN)CCCC1.Cl. The van der Waals surface area contributed by atoms with Gasteiger partial charge in [0.15, 0.2) is 0 Å². The Kier molecular flexibility index (Phi) is 5.54. The van der Waals surface area contributed by atoms with Crippen molar-refractivity contribution in [2.24, 2.45) is 5.73 Å². The summed E-state index contributed by atoms with van der Waals surface area (Å²) in [4.78, 5) is -0.00720. The van der Waals surface area contributed by atoms with E-state index in [1.165, 1.54) is 25.1 Å². The summed E-state index contributed by atoms with van der Waals surface area (Å²) < 4.78 is 41.0. The monoisotopic (exact) mass is 322 g/mol. The molecular formula is C13H20ClFN2O2S. The van der Waals surface area contributed by atoms with Crippen molar-refractivity contribution in [1.29, 1.82) is 0 Å². The van der Waals surface area contributed by atoms with Gasteiger partial charge in [-0.2, -0.15) is 0 Å². The molecule has 0 bridgehead atoms. The molecule has 1 fully saturated rings. The highest BCUT2D eigenvalue weighted by atomic mass is 35.5. The van der Waals surface area contributed by atoms with E-state index in [9.17, 15) is 12.8 Å². The smallest absolute Gasteiger partial charge is 0.241 e. The molecule has 0 aliphatic heterocycles. The van der Waals surface area contributed by atoms with Crippen molar-refractivity contribution in [3.63, 3.8) is 0 Å². The number of halogens is 2. The van der Waals surface area contributed by atoms with Gasteiger partial charge in [0.1, 0.15) is 5.82 Å². The van der Waals surface area contributed by atoms with Crippen LogP contribution in [-0.4, -0.2) is 20.5 Å². The van der Waals surface area contributed by atoms with Crippen LogP contribution in [0.3, 0.4) is 0 Å². The minimum Gasteiger partial charge on any atom is -0.329 e. The maximum absolute atomic E-state index is 13.5. The molecule has 0 aromatic heterocycles. The first-order valence-corrected chi connectivity index (χ1v) is 7.88. The Morgan fingerprint density at radius 3 is 2.50 bits per heavy atom. The second-order valence-electron chi connectivity index (χ2n) is 5.16. The maximum Gasteiger partial charge on any atom is 0.241 e. The van der Waals surface area contributed by atoms with Crippen LogP contribution >= 0.6 is 12.4 Å². The molecule has 4 nitrogen and oxygen atoms in total. The van der Waals surface area contributed by atoms with E-state index < -0.39 is 21.4 Å². The molecule has 7 heteroatoms. The highest BCUT2D eigenvalue weighted by molar-refractivity contribution is 7.89. The Balaban J connectivity index is 0.00000200. The first kappa shape index (κ1) is 17.4. The number of hydrogen-bond acceptors (Lipinski definition) is 3. The fourth-order valence-corrected chi connectivity index (χ4v) is 4.34. The predicted molar refractivity (Wildman–Crippen MR) is 79.0 cm³/mol. The average molecular weight is 323 g/mol. The number of nitrogens with one attached hydrogen (secondary N) is 1. The molecule has 114 valence electrons.